The van der Waals surface area contributed by atoms with Crippen LogP contribution in [0.2, 0.25) is 0 Å². The minimum Gasteiger partial charge on any atom is -0.383 e. The number of methoxy groups -OCH3 is 1. The zero-order valence-corrected chi connectivity index (χ0v) is 11.0. The van der Waals surface area contributed by atoms with Gasteiger partial charge in [-0.3, -0.25) is 0 Å². The van der Waals surface area contributed by atoms with Gasteiger partial charge in [0, 0.05) is 25.6 Å². The zero-order chi connectivity index (χ0) is 11.9. The van der Waals surface area contributed by atoms with Gasteiger partial charge in [0.15, 0.2) is 0 Å². The number of thiophene rings is 1. The molecule has 0 aromatic carbocycles. The summed E-state index contributed by atoms with van der Waals surface area (Å²) in [5.41, 5.74) is 1.51. The van der Waals surface area contributed by atoms with Crippen LogP contribution in [0.1, 0.15) is 12.5 Å². The van der Waals surface area contributed by atoms with Crippen molar-refractivity contribution < 1.29 is 4.74 Å². The third-order valence-corrected chi connectivity index (χ3v) is 3.42. The highest BCUT2D eigenvalue weighted by molar-refractivity contribution is 7.07. The Labute approximate surface area is 102 Å². The third-order valence-electron chi connectivity index (χ3n) is 2.69. The molecule has 0 saturated carbocycles. The van der Waals surface area contributed by atoms with Crippen LogP contribution in [-0.2, 0) is 11.2 Å². The average Bonchev–Trinajstić information content (AvgIpc) is 2.77. The van der Waals surface area contributed by atoms with Gasteiger partial charge in [0.1, 0.15) is 0 Å². The Kier molecular flexibility index (Phi) is 5.74. The van der Waals surface area contributed by atoms with E-state index in [1.807, 2.05) is 6.08 Å². The van der Waals surface area contributed by atoms with Crippen LogP contribution < -0.4 is 5.32 Å². The predicted molar refractivity (Wildman–Crippen MR) is 71.1 cm³/mol. The summed E-state index contributed by atoms with van der Waals surface area (Å²) in [7, 11) is 1.72. The van der Waals surface area contributed by atoms with Crippen molar-refractivity contribution in [3.8, 4) is 0 Å². The first-order valence-electron chi connectivity index (χ1n) is 5.54. The van der Waals surface area contributed by atoms with E-state index in [2.05, 4.69) is 35.6 Å². The third kappa shape index (κ3) is 4.47. The molecule has 0 radical (unpaired) electrons. The first-order chi connectivity index (χ1) is 7.70. The number of hydrogen-bond acceptors (Lipinski definition) is 3. The van der Waals surface area contributed by atoms with Gasteiger partial charge in [0.25, 0.3) is 0 Å². The molecule has 1 aromatic heterocycles. The van der Waals surface area contributed by atoms with Crippen LogP contribution in [0.5, 0.6) is 0 Å². The van der Waals surface area contributed by atoms with E-state index in [0.717, 1.165) is 26.1 Å². The molecule has 1 N–H and O–H groups in total. The van der Waals surface area contributed by atoms with Crippen molar-refractivity contribution >= 4 is 11.3 Å². The highest BCUT2D eigenvalue weighted by Gasteiger charge is 2.20. The molecule has 90 valence electrons. The molecule has 1 atom stereocenters. The molecule has 1 aromatic rings. The van der Waals surface area contributed by atoms with E-state index in [-0.39, 0.29) is 5.41 Å². The fraction of sp³-hybridized carbons (Fsp3) is 0.538. The normalized spacial score (nSPS) is 14.6. The Bertz CT molecular complexity index is 297. The predicted octanol–water partition coefficient (Wildman–Crippen LogP) is 2.72. The van der Waals surface area contributed by atoms with Gasteiger partial charge >= 0.3 is 0 Å². The van der Waals surface area contributed by atoms with Crippen LogP contribution in [0.3, 0.4) is 0 Å². The van der Waals surface area contributed by atoms with Gasteiger partial charge < -0.3 is 10.1 Å². The molecule has 0 spiro atoms. The number of hydrogen-bond donors (Lipinski definition) is 1. The lowest BCUT2D eigenvalue weighted by Crippen LogP contribution is -2.33. The first kappa shape index (κ1) is 13.4. The summed E-state index contributed by atoms with van der Waals surface area (Å²) in [5, 5.41) is 7.72. The summed E-state index contributed by atoms with van der Waals surface area (Å²) in [6.45, 7) is 8.77. The molecule has 0 aliphatic heterocycles. The van der Waals surface area contributed by atoms with Crippen molar-refractivity contribution in [2.45, 2.75) is 13.3 Å². The molecule has 0 saturated heterocycles. The second kappa shape index (κ2) is 6.84. The van der Waals surface area contributed by atoms with Crippen molar-refractivity contribution in [3.63, 3.8) is 0 Å². The van der Waals surface area contributed by atoms with Crippen LogP contribution in [0.25, 0.3) is 0 Å². The van der Waals surface area contributed by atoms with Crippen LogP contribution in [0.15, 0.2) is 29.5 Å². The van der Waals surface area contributed by atoms with E-state index in [1.165, 1.54) is 5.56 Å². The van der Waals surface area contributed by atoms with Gasteiger partial charge in [-0.15, -0.1) is 6.58 Å². The molecule has 3 heteroatoms. The monoisotopic (exact) mass is 239 g/mol. The smallest absolute Gasteiger partial charge is 0.0587 e. The fourth-order valence-corrected chi connectivity index (χ4v) is 2.28. The molecule has 0 fully saturated rings. The molecule has 0 aliphatic rings. The van der Waals surface area contributed by atoms with Gasteiger partial charge in [-0.2, -0.15) is 11.3 Å². The van der Waals surface area contributed by atoms with Gasteiger partial charge in [-0.25, -0.2) is 0 Å². The summed E-state index contributed by atoms with van der Waals surface area (Å²) in [6, 6.07) is 2.18. The summed E-state index contributed by atoms with van der Waals surface area (Å²) < 4.78 is 5.01. The molecule has 0 bridgehead atoms. The maximum Gasteiger partial charge on any atom is 0.0587 e. The van der Waals surface area contributed by atoms with Gasteiger partial charge in [-0.1, -0.05) is 13.0 Å². The molecular formula is C13H21NOS. The topological polar surface area (TPSA) is 21.3 Å². The molecule has 0 amide bonds. The van der Waals surface area contributed by atoms with Crippen LogP contribution in [0.4, 0.5) is 0 Å². The molecule has 1 heterocycles. The van der Waals surface area contributed by atoms with Gasteiger partial charge in [0.2, 0.25) is 0 Å². The second-order valence-electron chi connectivity index (χ2n) is 4.34. The lowest BCUT2D eigenvalue weighted by molar-refractivity contribution is 0.196. The van der Waals surface area contributed by atoms with E-state index in [0.29, 0.717) is 0 Å². The van der Waals surface area contributed by atoms with Crippen molar-refractivity contribution in [1.29, 1.82) is 0 Å². The maximum atomic E-state index is 5.01. The quantitative estimate of drug-likeness (QED) is 0.556. The minimum absolute atomic E-state index is 0.120. The van der Waals surface area contributed by atoms with E-state index in [1.54, 1.807) is 18.4 Å². The maximum absolute atomic E-state index is 5.01. The van der Waals surface area contributed by atoms with Crippen molar-refractivity contribution in [1.82, 2.24) is 5.32 Å². The van der Waals surface area contributed by atoms with Gasteiger partial charge in [0.05, 0.1) is 6.61 Å². The Hall–Kier alpha value is -0.640. The average molecular weight is 239 g/mol. The summed E-state index contributed by atoms with van der Waals surface area (Å²) in [6.07, 6.45) is 3.09. The number of ether oxygens (including phenoxy) is 1. The Morgan fingerprint density at radius 1 is 1.62 bits per heavy atom. The van der Waals surface area contributed by atoms with E-state index in [4.69, 9.17) is 4.74 Å². The summed E-state index contributed by atoms with van der Waals surface area (Å²) >= 11 is 1.75. The molecule has 1 rings (SSSR count). The Morgan fingerprint density at radius 2 is 2.44 bits per heavy atom. The van der Waals surface area contributed by atoms with Gasteiger partial charge in [-0.05, 0) is 28.8 Å². The lowest BCUT2D eigenvalue weighted by Gasteiger charge is -2.25. The van der Waals surface area contributed by atoms with E-state index >= 15 is 0 Å². The van der Waals surface area contributed by atoms with Crippen molar-refractivity contribution in [2.75, 3.05) is 26.8 Å². The second-order valence-corrected chi connectivity index (χ2v) is 5.12. The van der Waals surface area contributed by atoms with E-state index in [9.17, 15) is 0 Å². The SMILES string of the molecule is C=CC(C)(CNCCOC)Cc1ccsc1. The van der Waals surface area contributed by atoms with Crippen molar-refractivity contribution in [3.05, 3.63) is 35.0 Å². The highest BCUT2D eigenvalue weighted by Crippen LogP contribution is 2.24. The van der Waals surface area contributed by atoms with Crippen LogP contribution in [-0.4, -0.2) is 26.8 Å². The van der Waals surface area contributed by atoms with E-state index < -0.39 is 0 Å². The van der Waals surface area contributed by atoms with Crippen molar-refractivity contribution in [2.24, 2.45) is 5.41 Å². The molecule has 0 aliphatic carbocycles. The Balaban J connectivity index is 2.40. The van der Waals surface area contributed by atoms with Crippen LogP contribution >= 0.6 is 11.3 Å². The lowest BCUT2D eigenvalue weighted by atomic mass is 9.84. The highest BCUT2D eigenvalue weighted by atomic mass is 32.1. The zero-order valence-electron chi connectivity index (χ0n) is 10.2. The molecule has 1 unspecified atom stereocenters. The standard InChI is InChI=1S/C13H21NOS/c1-4-13(2,11-14-6-7-15-3)9-12-5-8-16-10-12/h4-5,8,10,14H,1,6-7,9,11H2,2-3H3. The summed E-state index contributed by atoms with van der Waals surface area (Å²) in [4.78, 5) is 0. The Morgan fingerprint density at radius 3 is 3.00 bits per heavy atom. The summed E-state index contributed by atoms with van der Waals surface area (Å²) in [5.74, 6) is 0. The largest absolute Gasteiger partial charge is 0.383 e. The molecular weight excluding hydrogens is 218 g/mol. The molecule has 16 heavy (non-hydrogen) atoms. The minimum atomic E-state index is 0.120. The number of nitrogens with one attached hydrogen (secondary N) is 1. The fourth-order valence-electron chi connectivity index (χ4n) is 1.61. The first-order valence-corrected chi connectivity index (χ1v) is 6.49. The van der Waals surface area contributed by atoms with Crippen LogP contribution in [0, 0.1) is 5.41 Å². The number of rotatable bonds is 8. The molecule has 2 nitrogen and oxygen atoms in total.